The van der Waals surface area contributed by atoms with Gasteiger partial charge >= 0.3 is 0 Å². The van der Waals surface area contributed by atoms with Gasteiger partial charge in [-0.15, -0.1) is 0 Å². The summed E-state index contributed by atoms with van der Waals surface area (Å²) in [7, 11) is 0. The van der Waals surface area contributed by atoms with Gasteiger partial charge in [-0.1, -0.05) is 18.5 Å². The summed E-state index contributed by atoms with van der Waals surface area (Å²) in [6.45, 7) is 6.62. The summed E-state index contributed by atoms with van der Waals surface area (Å²) in [6.07, 6.45) is 0.546. The van der Waals surface area contributed by atoms with Crippen LogP contribution in [0.5, 0.6) is 11.5 Å². The first-order valence-electron chi connectivity index (χ1n) is 7.03. The molecule has 0 aliphatic carbocycles. The molecule has 1 aromatic rings. The van der Waals surface area contributed by atoms with Crippen molar-refractivity contribution in [2.24, 2.45) is 5.92 Å². The molecule has 2 rings (SSSR count). The first-order chi connectivity index (χ1) is 9.56. The second-order valence-corrected chi connectivity index (χ2v) is 5.83. The Bertz CT molecular complexity index is 451. The van der Waals surface area contributed by atoms with Crippen LogP contribution >= 0.6 is 11.6 Å². The number of rotatable bonds is 6. The molecular weight excluding hydrogens is 278 g/mol. The van der Waals surface area contributed by atoms with Crippen LogP contribution in [0.2, 0.25) is 5.02 Å². The molecule has 0 saturated heterocycles. The molecule has 2 N–H and O–H groups in total. The van der Waals surface area contributed by atoms with Crippen molar-refractivity contribution in [1.29, 1.82) is 0 Å². The van der Waals surface area contributed by atoms with E-state index in [1.54, 1.807) is 0 Å². The van der Waals surface area contributed by atoms with Gasteiger partial charge in [-0.05, 0) is 43.5 Å². The lowest BCUT2D eigenvalue weighted by Gasteiger charge is -2.20. The Morgan fingerprint density at radius 1 is 1.30 bits per heavy atom. The first kappa shape index (κ1) is 15.4. The molecule has 1 aliphatic heterocycles. The van der Waals surface area contributed by atoms with Crippen molar-refractivity contribution in [3.8, 4) is 11.5 Å². The monoisotopic (exact) mass is 299 g/mol. The maximum absolute atomic E-state index is 9.33. The van der Waals surface area contributed by atoms with Crippen LogP contribution in [0.25, 0.3) is 0 Å². The predicted molar refractivity (Wildman–Crippen MR) is 79.6 cm³/mol. The normalized spacial score (nSPS) is 16.8. The summed E-state index contributed by atoms with van der Waals surface area (Å²) >= 11 is 6.19. The minimum absolute atomic E-state index is 0.254. The van der Waals surface area contributed by atoms with Crippen LogP contribution < -0.4 is 14.8 Å². The van der Waals surface area contributed by atoms with Crippen LogP contribution in [0.4, 0.5) is 0 Å². The second kappa shape index (κ2) is 7.16. The Labute approximate surface area is 125 Å². The lowest BCUT2D eigenvalue weighted by Crippen LogP contribution is -2.23. The van der Waals surface area contributed by atoms with Gasteiger partial charge in [0.05, 0.1) is 11.1 Å². The highest BCUT2D eigenvalue weighted by atomic mass is 35.5. The largest absolute Gasteiger partial charge is 0.486 e. The minimum Gasteiger partial charge on any atom is -0.486 e. The number of halogens is 1. The molecule has 2 atom stereocenters. The predicted octanol–water partition coefficient (Wildman–Crippen LogP) is 2.61. The Morgan fingerprint density at radius 3 is 2.80 bits per heavy atom. The standard InChI is InChI=1S/C15H22ClNO3/c1-10(5-11(2)18)8-17-9-12-6-13(16)15-14(7-12)19-3-4-20-15/h6-7,10-11,17-18H,3-5,8-9H2,1-2H3. The molecule has 1 aromatic carbocycles. The van der Waals surface area contributed by atoms with Crippen LogP contribution in [0.3, 0.4) is 0 Å². The lowest BCUT2D eigenvalue weighted by atomic mass is 10.0. The van der Waals surface area contributed by atoms with Crippen molar-refractivity contribution in [1.82, 2.24) is 5.32 Å². The summed E-state index contributed by atoms with van der Waals surface area (Å²) in [5.74, 6) is 1.80. The van der Waals surface area contributed by atoms with E-state index in [0.29, 0.717) is 29.9 Å². The highest BCUT2D eigenvalue weighted by Gasteiger charge is 2.16. The first-order valence-corrected chi connectivity index (χ1v) is 7.41. The van der Waals surface area contributed by atoms with Crippen molar-refractivity contribution in [3.05, 3.63) is 22.7 Å². The molecule has 2 unspecified atom stereocenters. The average molecular weight is 300 g/mol. The van der Waals surface area contributed by atoms with E-state index >= 15 is 0 Å². The van der Waals surface area contributed by atoms with E-state index in [0.717, 1.165) is 30.8 Å². The Kier molecular flexibility index (Phi) is 5.52. The van der Waals surface area contributed by atoms with Crippen LogP contribution in [-0.4, -0.2) is 31.0 Å². The molecule has 4 nitrogen and oxygen atoms in total. The van der Waals surface area contributed by atoms with Gasteiger partial charge in [0.2, 0.25) is 0 Å². The molecule has 112 valence electrons. The van der Waals surface area contributed by atoms with Crippen molar-refractivity contribution >= 4 is 11.6 Å². The maximum Gasteiger partial charge on any atom is 0.179 e. The Balaban J connectivity index is 1.89. The van der Waals surface area contributed by atoms with E-state index in [1.807, 2.05) is 19.1 Å². The molecule has 0 spiro atoms. The van der Waals surface area contributed by atoms with Crippen molar-refractivity contribution in [2.75, 3.05) is 19.8 Å². The lowest BCUT2D eigenvalue weighted by molar-refractivity contribution is 0.163. The molecule has 0 saturated carbocycles. The van der Waals surface area contributed by atoms with E-state index in [4.69, 9.17) is 21.1 Å². The van der Waals surface area contributed by atoms with Crippen LogP contribution in [0, 0.1) is 5.92 Å². The summed E-state index contributed by atoms with van der Waals surface area (Å²) < 4.78 is 11.0. The molecule has 20 heavy (non-hydrogen) atoms. The van der Waals surface area contributed by atoms with Gasteiger partial charge in [0, 0.05) is 6.54 Å². The molecule has 1 heterocycles. The Hall–Kier alpha value is -0.970. The molecule has 0 bridgehead atoms. The smallest absolute Gasteiger partial charge is 0.179 e. The summed E-state index contributed by atoms with van der Waals surface area (Å²) in [4.78, 5) is 0. The van der Waals surface area contributed by atoms with E-state index in [-0.39, 0.29) is 6.10 Å². The number of aliphatic hydroxyl groups is 1. The van der Waals surface area contributed by atoms with Crippen LogP contribution in [0.15, 0.2) is 12.1 Å². The summed E-state index contributed by atoms with van der Waals surface area (Å²) in [5.41, 5.74) is 1.07. The van der Waals surface area contributed by atoms with Crippen LogP contribution in [-0.2, 0) is 6.54 Å². The number of ether oxygens (including phenoxy) is 2. The SMILES string of the molecule is CC(O)CC(C)CNCc1cc(Cl)c2c(c1)OCCO2. The molecule has 0 aromatic heterocycles. The zero-order valence-corrected chi connectivity index (χ0v) is 12.7. The fraction of sp³-hybridized carbons (Fsp3) is 0.600. The molecule has 5 heteroatoms. The average Bonchev–Trinajstić information content (AvgIpc) is 2.38. The molecule has 1 aliphatic rings. The minimum atomic E-state index is -0.254. The topological polar surface area (TPSA) is 50.7 Å². The van der Waals surface area contributed by atoms with E-state index < -0.39 is 0 Å². The summed E-state index contributed by atoms with van der Waals surface area (Å²) in [6, 6.07) is 3.87. The fourth-order valence-electron chi connectivity index (χ4n) is 2.39. The number of benzene rings is 1. The van der Waals surface area contributed by atoms with Gasteiger partial charge in [0.15, 0.2) is 11.5 Å². The van der Waals surface area contributed by atoms with Crippen LogP contribution in [0.1, 0.15) is 25.8 Å². The van der Waals surface area contributed by atoms with E-state index in [9.17, 15) is 5.11 Å². The molecule has 0 amide bonds. The number of nitrogens with one attached hydrogen (secondary N) is 1. The second-order valence-electron chi connectivity index (χ2n) is 5.42. The van der Waals surface area contributed by atoms with Crippen molar-refractivity contribution in [2.45, 2.75) is 32.9 Å². The highest BCUT2D eigenvalue weighted by molar-refractivity contribution is 6.32. The van der Waals surface area contributed by atoms with Gasteiger partial charge in [-0.3, -0.25) is 0 Å². The highest BCUT2D eigenvalue weighted by Crippen LogP contribution is 2.38. The van der Waals surface area contributed by atoms with Gasteiger partial charge in [-0.2, -0.15) is 0 Å². The van der Waals surface area contributed by atoms with Gasteiger partial charge in [-0.25, -0.2) is 0 Å². The zero-order valence-electron chi connectivity index (χ0n) is 12.0. The van der Waals surface area contributed by atoms with Gasteiger partial charge in [0.25, 0.3) is 0 Å². The number of fused-ring (bicyclic) bond motifs is 1. The molecule has 0 fully saturated rings. The quantitative estimate of drug-likeness (QED) is 0.848. The maximum atomic E-state index is 9.33. The van der Waals surface area contributed by atoms with E-state index in [1.165, 1.54) is 0 Å². The zero-order chi connectivity index (χ0) is 14.5. The van der Waals surface area contributed by atoms with Crippen molar-refractivity contribution in [3.63, 3.8) is 0 Å². The summed E-state index contributed by atoms with van der Waals surface area (Å²) in [5, 5.41) is 13.3. The number of hydrogen-bond donors (Lipinski definition) is 2. The molecular formula is C15H22ClNO3. The van der Waals surface area contributed by atoms with Gasteiger partial charge < -0.3 is 19.9 Å². The van der Waals surface area contributed by atoms with Gasteiger partial charge in [0.1, 0.15) is 13.2 Å². The Morgan fingerprint density at radius 2 is 2.05 bits per heavy atom. The fourth-order valence-corrected chi connectivity index (χ4v) is 2.68. The van der Waals surface area contributed by atoms with Crippen molar-refractivity contribution < 1.29 is 14.6 Å². The third-order valence-corrected chi connectivity index (χ3v) is 3.50. The molecule has 0 radical (unpaired) electrons. The third-order valence-electron chi connectivity index (χ3n) is 3.22. The number of hydrogen-bond acceptors (Lipinski definition) is 4. The number of aliphatic hydroxyl groups excluding tert-OH is 1. The van der Waals surface area contributed by atoms with E-state index in [2.05, 4.69) is 12.2 Å². The third kappa shape index (κ3) is 4.27.